The number of aromatic nitrogens is 4. The number of likely N-dealkylation sites (tertiary alicyclic amines) is 1. The molecule has 5 heterocycles. The van der Waals surface area contributed by atoms with Gasteiger partial charge in [0.2, 0.25) is 11.8 Å². The highest BCUT2D eigenvalue weighted by molar-refractivity contribution is 6.06. The molecular formula is C16H16N6O3. The number of fused-ring (bicyclic) bond motifs is 6. The van der Waals surface area contributed by atoms with E-state index in [9.17, 15) is 9.59 Å². The maximum atomic E-state index is 12.6. The summed E-state index contributed by atoms with van der Waals surface area (Å²) in [4.78, 5) is 38.8. The first-order valence-corrected chi connectivity index (χ1v) is 8.25. The molecule has 128 valence electrons. The van der Waals surface area contributed by atoms with Gasteiger partial charge in [0, 0.05) is 13.1 Å². The zero-order chi connectivity index (χ0) is 17.1. The molecule has 0 saturated carbocycles. The molecule has 0 radical (unpaired) electrons. The Bertz CT molecular complexity index is 892. The number of imide groups is 1. The normalized spacial score (nSPS) is 30.0. The Labute approximate surface area is 142 Å². The highest BCUT2D eigenvalue weighted by atomic mass is 16.5. The molecule has 2 N–H and O–H groups in total. The van der Waals surface area contributed by atoms with Crippen molar-refractivity contribution in [2.24, 2.45) is 11.8 Å². The highest BCUT2D eigenvalue weighted by Gasteiger charge is 2.60. The van der Waals surface area contributed by atoms with E-state index < -0.39 is 0 Å². The summed E-state index contributed by atoms with van der Waals surface area (Å²) in [5.41, 5.74) is 6.99. The first-order valence-electron chi connectivity index (χ1n) is 8.25. The summed E-state index contributed by atoms with van der Waals surface area (Å²) in [5.74, 6) is -0.583. The Hall–Kier alpha value is -2.81. The molecule has 2 amide bonds. The van der Waals surface area contributed by atoms with E-state index in [1.165, 1.54) is 11.2 Å². The van der Waals surface area contributed by atoms with Gasteiger partial charge in [0.15, 0.2) is 11.5 Å². The van der Waals surface area contributed by atoms with Crippen LogP contribution in [0.1, 0.15) is 6.42 Å². The molecule has 2 aromatic rings. The van der Waals surface area contributed by atoms with Gasteiger partial charge in [-0.1, -0.05) is 12.2 Å². The second kappa shape index (κ2) is 5.09. The number of amides is 2. The van der Waals surface area contributed by atoms with Crippen molar-refractivity contribution in [3.05, 3.63) is 24.8 Å². The maximum Gasteiger partial charge on any atom is 0.236 e. The second-order valence-electron chi connectivity index (χ2n) is 6.55. The number of anilines is 1. The number of ether oxygens (including phenoxy) is 1. The summed E-state index contributed by atoms with van der Waals surface area (Å²) in [7, 11) is 0. The number of nitrogens with two attached hydrogens (primary N) is 1. The first kappa shape index (κ1) is 14.5. The number of aryl methyl sites for hydroxylation is 1. The van der Waals surface area contributed by atoms with Crippen LogP contribution in [0.5, 0.6) is 0 Å². The first-order chi connectivity index (χ1) is 12.1. The SMILES string of the molecule is Nc1ncnc2c1ncn2CCCN1C(=O)[C@@H]2[C@H](C1=O)[C@H]1C=C[C@@H]2O1. The number of rotatable bonds is 4. The smallest absolute Gasteiger partial charge is 0.236 e. The number of nitrogen functional groups attached to an aromatic ring is 1. The fraction of sp³-hybridized carbons (Fsp3) is 0.438. The summed E-state index contributed by atoms with van der Waals surface area (Å²) >= 11 is 0. The van der Waals surface area contributed by atoms with Crippen LogP contribution >= 0.6 is 0 Å². The van der Waals surface area contributed by atoms with Crippen molar-refractivity contribution in [3.8, 4) is 0 Å². The van der Waals surface area contributed by atoms with Gasteiger partial charge in [-0.05, 0) is 6.42 Å². The van der Waals surface area contributed by atoms with Crippen molar-refractivity contribution in [2.45, 2.75) is 25.2 Å². The van der Waals surface area contributed by atoms with E-state index in [-0.39, 0.29) is 35.9 Å². The van der Waals surface area contributed by atoms with Crippen LogP contribution in [0.25, 0.3) is 11.2 Å². The van der Waals surface area contributed by atoms with Gasteiger partial charge < -0.3 is 15.0 Å². The van der Waals surface area contributed by atoms with Crippen molar-refractivity contribution < 1.29 is 14.3 Å². The zero-order valence-electron chi connectivity index (χ0n) is 13.3. The molecular weight excluding hydrogens is 324 g/mol. The molecule has 4 atom stereocenters. The molecule has 3 aliphatic rings. The van der Waals surface area contributed by atoms with E-state index in [4.69, 9.17) is 10.5 Å². The number of hydrogen-bond donors (Lipinski definition) is 1. The van der Waals surface area contributed by atoms with Gasteiger partial charge in [0.05, 0.1) is 30.4 Å². The fourth-order valence-electron chi connectivity index (χ4n) is 4.05. The van der Waals surface area contributed by atoms with E-state index in [2.05, 4.69) is 15.0 Å². The van der Waals surface area contributed by atoms with Crippen LogP contribution in [-0.2, 0) is 20.9 Å². The number of carbonyl (C=O) groups is 2. The standard InChI is InChI=1S/C16H16N6O3/c17-13-12-14(19-6-18-13)21(7-20-12)4-1-5-22-15(23)10-8-2-3-9(25-8)11(10)16(22)24/h2-3,6-11H,1,4-5H2,(H2,17,18,19)/t8-,9+,10-,11+. The molecule has 3 aliphatic heterocycles. The minimum Gasteiger partial charge on any atom is -0.382 e. The van der Waals surface area contributed by atoms with Crippen molar-refractivity contribution >= 4 is 28.8 Å². The number of imidazole rings is 1. The van der Waals surface area contributed by atoms with E-state index in [0.717, 1.165) is 0 Å². The molecule has 25 heavy (non-hydrogen) atoms. The Kier molecular flexibility index (Phi) is 2.96. The average molecular weight is 340 g/mol. The van der Waals surface area contributed by atoms with Crippen LogP contribution in [0.4, 0.5) is 5.82 Å². The van der Waals surface area contributed by atoms with Crippen molar-refractivity contribution in [2.75, 3.05) is 12.3 Å². The van der Waals surface area contributed by atoms with Gasteiger partial charge in [0.25, 0.3) is 0 Å². The Morgan fingerprint density at radius 2 is 1.76 bits per heavy atom. The zero-order valence-corrected chi connectivity index (χ0v) is 13.3. The third-order valence-electron chi connectivity index (χ3n) is 5.21. The lowest BCUT2D eigenvalue weighted by Crippen LogP contribution is -2.35. The Balaban J connectivity index is 1.28. The van der Waals surface area contributed by atoms with Crippen molar-refractivity contribution in [1.82, 2.24) is 24.4 Å². The summed E-state index contributed by atoms with van der Waals surface area (Å²) in [6, 6.07) is 0. The molecule has 2 fully saturated rings. The van der Waals surface area contributed by atoms with Gasteiger partial charge in [0.1, 0.15) is 11.8 Å². The van der Waals surface area contributed by atoms with Crippen LogP contribution in [0.15, 0.2) is 24.8 Å². The quantitative estimate of drug-likeness (QED) is 0.602. The van der Waals surface area contributed by atoms with Crippen LogP contribution in [0, 0.1) is 11.8 Å². The van der Waals surface area contributed by atoms with Crippen LogP contribution in [-0.4, -0.2) is 55.0 Å². The minimum absolute atomic E-state index is 0.117. The maximum absolute atomic E-state index is 12.6. The summed E-state index contributed by atoms with van der Waals surface area (Å²) in [6.45, 7) is 0.964. The van der Waals surface area contributed by atoms with Gasteiger partial charge >= 0.3 is 0 Å². The van der Waals surface area contributed by atoms with Gasteiger partial charge in [-0.25, -0.2) is 15.0 Å². The number of carbonyl (C=O) groups excluding carboxylic acids is 2. The van der Waals surface area contributed by atoms with E-state index >= 15 is 0 Å². The van der Waals surface area contributed by atoms with Crippen molar-refractivity contribution in [1.29, 1.82) is 0 Å². The molecule has 0 spiro atoms. The molecule has 0 aliphatic carbocycles. The number of nitrogens with zero attached hydrogens (tertiary/aromatic N) is 5. The van der Waals surface area contributed by atoms with Gasteiger partial charge in [-0.15, -0.1) is 0 Å². The lowest BCUT2D eigenvalue weighted by atomic mass is 9.85. The summed E-state index contributed by atoms with van der Waals surface area (Å²) in [5, 5.41) is 0. The largest absolute Gasteiger partial charge is 0.382 e. The topological polar surface area (TPSA) is 116 Å². The van der Waals surface area contributed by atoms with Crippen molar-refractivity contribution in [3.63, 3.8) is 0 Å². The average Bonchev–Trinajstić information content (AvgIpc) is 3.35. The molecule has 9 heteroatoms. The van der Waals surface area contributed by atoms with Gasteiger partial charge in [-0.3, -0.25) is 14.5 Å². The molecule has 2 saturated heterocycles. The summed E-state index contributed by atoms with van der Waals surface area (Å²) < 4.78 is 7.49. The monoisotopic (exact) mass is 340 g/mol. The molecule has 0 unspecified atom stereocenters. The lowest BCUT2D eigenvalue weighted by molar-refractivity contribution is -0.142. The second-order valence-corrected chi connectivity index (χ2v) is 6.55. The third-order valence-corrected chi connectivity index (χ3v) is 5.21. The van der Waals surface area contributed by atoms with Crippen LogP contribution in [0.2, 0.25) is 0 Å². The van der Waals surface area contributed by atoms with E-state index in [1.54, 1.807) is 6.33 Å². The predicted molar refractivity (Wildman–Crippen MR) is 85.9 cm³/mol. The highest BCUT2D eigenvalue weighted by Crippen LogP contribution is 2.45. The predicted octanol–water partition coefficient (Wildman–Crippen LogP) is -0.263. The Morgan fingerprint density at radius 3 is 2.48 bits per heavy atom. The molecule has 5 rings (SSSR count). The molecule has 9 nitrogen and oxygen atoms in total. The molecule has 0 aromatic carbocycles. The van der Waals surface area contributed by atoms with Crippen LogP contribution in [0.3, 0.4) is 0 Å². The van der Waals surface area contributed by atoms with Crippen LogP contribution < -0.4 is 5.73 Å². The summed E-state index contributed by atoms with van der Waals surface area (Å²) in [6.07, 6.45) is 6.96. The third kappa shape index (κ3) is 1.95. The lowest BCUT2D eigenvalue weighted by Gasteiger charge is -2.17. The molecule has 2 bridgehead atoms. The minimum atomic E-state index is -0.343. The fourth-order valence-corrected chi connectivity index (χ4v) is 4.05. The molecule has 2 aromatic heterocycles. The van der Waals surface area contributed by atoms with E-state index in [1.807, 2.05) is 16.7 Å². The number of hydrogen-bond acceptors (Lipinski definition) is 7. The van der Waals surface area contributed by atoms with Gasteiger partial charge in [-0.2, -0.15) is 0 Å². The Morgan fingerprint density at radius 1 is 1.04 bits per heavy atom. The van der Waals surface area contributed by atoms with E-state index in [0.29, 0.717) is 36.5 Å².